The second-order valence-corrected chi connectivity index (χ2v) is 21.2. The molecule has 0 unspecified atom stereocenters. The Bertz CT molecular complexity index is 3290. The predicted molar refractivity (Wildman–Crippen MR) is 294 cm³/mol. The molecule has 19 nitrogen and oxygen atoms in total. The van der Waals surface area contributed by atoms with Crippen molar-refractivity contribution in [3.63, 3.8) is 0 Å². The zero-order chi connectivity index (χ0) is 53.2. The number of nitrogens with zero attached hydrogens (tertiary/aromatic N) is 12. The molecule has 2 saturated heterocycles. The Hall–Kier alpha value is -7.04. The number of aryl methyl sites for hydroxylation is 1. The van der Waals surface area contributed by atoms with Gasteiger partial charge in [0, 0.05) is 75.6 Å². The van der Waals surface area contributed by atoms with Crippen LogP contribution in [0.25, 0.3) is 44.6 Å². The SMILES string of the molecule is CN1CCN(C2CCC(n3nc(-c4ccc(NCc5ccc(CO)o5)c(F)c4)c4c(N)ncnc43)CC2)CC1.Cc1ccc(CNc2ccc(-c3nn(C4CCC(N5CCN(C)CC5)CC4)c4ncnc(N)c34)cc2F)o1. The van der Waals surface area contributed by atoms with Crippen molar-refractivity contribution in [1.82, 2.24) is 59.1 Å². The largest absolute Gasteiger partial charge is 0.465 e. The molecular weight excluding hydrogens is 983 g/mol. The Balaban J connectivity index is 0.000000164. The molecule has 2 aromatic carbocycles. The third kappa shape index (κ3) is 11.4. The number of nitrogens with one attached hydrogen (secondary N) is 2. The maximum Gasteiger partial charge on any atom is 0.164 e. The number of nitrogen functional groups attached to an aromatic ring is 2. The molecule has 2 aliphatic carbocycles. The number of furan rings is 2. The van der Waals surface area contributed by atoms with Crippen molar-refractivity contribution < 1.29 is 22.7 Å². The Kier molecular flexibility index (Phi) is 15.5. The molecule has 8 aromatic rings. The number of likely N-dealkylation sites (N-methyl/N-ethyl adjacent to an activating group) is 2. The lowest BCUT2D eigenvalue weighted by Crippen LogP contribution is -2.49. The van der Waals surface area contributed by atoms with Crippen LogP contribution in [0.5, 0.6) is 0 Å². The van der Waals surface area contributed by atoms with E-state index in [-0.39, 0.29) is 24.5 Å². The van der Waals surface area contributed by atoms with E-state index >= 15 is 8.78 Å². The summed E-state index contributed by atoms with van der Waals surface area (Å²) in [6.07, 6.45) is 11.6. The number of aliphatic hydroxyl groups is 1. The minimum absolute atomic E-state index is 0.172. The lowest BCUT2D eigenvalue weighted by Gasteiger charge is -2.41. The summed E-state index contributed by atoms with van der Waals surface area (Å²) in [6, 6.07) is 19.0. The second kappa shape index (κ2) is 22.9. The van der Waals surface area contributed by atoms with Crippen LogP contribution >= 0.6 is 0 Å². The first-order valence-corrected chi connectivity index (χ1v) is 27.1. The number of rotatable bonds is 13. The van der Waals surface area contributed by atoms with E-state index in [0.717, 1.165) is 115 Å². The van der Waals surface area contributed by atoms with E-state index in [4.69, 9.17) is 35.6 Å². The number of benzene rings is 2. The van der Waals surface area contributed by atoms with Crippen LogP contribution < -0.4 is 22.1 Å². The molecule has 0 atom stereocenters. The summed E-state index contributed by atoms with van der Waals surface area (Å²) >= 11 is 0. The zero-order valence-corrected chi connectivity index (χ0v) is 44.2. The summed E-state index contributed by atoms with van der Waals surface area (Å²) in [5.41, 5.74) is 17.3. The molecule has 12 rings (SSSR count). The summed E-state index contributed by atoms with van der Waals surface area (Å²) in [5, 5.41) is 26.6. The molecule has 4 aliphatic rings. The highest BCUT2D eigenvalue weighted by atomic mass is 19.1. The van der Waals surface area contributed by atoms with Crippen LogP contribution in [0.3, 0.4) is 0 Å². The van der Waals surface area contributed by atoms with Crippen LogP contribution in [-0.4, -0.2) is 143 Å². The highest BCUT2D eigenvalue weighted by molar-refractivity contribution is 5.99. The monoisotopic (exact) mass is 1050 g/mol. The maximum atomic E-state index is 15.2. The molecule has 7 N–H and O–H groups in total. The van der Waals surface area contributed by atoms with Gasteiger partial charge in [-0.25, -0.2) is 38.1 Å². The molecule has 2 saturated carbocycles. The van der Waals surface area contributed by atoms with Gasteiger partial charge in [-0.15, -0.1) is 0 Å². The number of aliphatic hydroxyl groups excluding tert-OH is 1. The van der Waals surface area contributed by atoms with E-state index in [0.29, 0.717) is 104 Å². The number of aromatic nitrogens is 8. The van der Waals surface area contributed by atoms with Crippen molar-refractivity contribution in [2.24, 2.45) is 0 Å². The maximum absolute atomic E-state index is 15.2. The van der Waals surface area contributed by atoms with E-state index in [9.17, 15) is 0 Å². The van der Waals surface area contributed by atoms with Gasteiger partial charge in [0.1, 0.15) is 77.0 Å². The summed E-state index contributed by atoms with van der Waals surface area (Å²) < 4.78 is 45.4. The van der Waals surface area contributed by atoms with Gasteiger partial charge in [0.15, 0.2) is 11.3 Å². The van der Waals surface area contributed by atoms with Crippen molar-refractivity contribution >= 4 is 45.1 Å². The van der Waals surface area contributed by atoms with Gasteiger partial charge in [0.25, 0.3) is 0 Å². The number of hydrogen-bond acceptors (Lipinski definition) is 17. The van der Waals surface area contributed by atoms with Crippen LogP contribution in [-0.2, 0) is 19.7 Å². The van der Waals surface area contributed by atoms with Gasteiger partial charge < -0.3 is 45.8 Å². The minimum atomic E-state index is -0.410. The van der Waals surface area contributed by atoms with Crippen LogP contribution in [0.1, 0.15) is 86.5 Å². The Morgan fingerprint density at radius 3 is 1.36 bits per heavy atom. The molecule has 8 heterocycles. The van der Waals surface area contributed by atoms with Gasteiger partial charge in [-0.2, -0.15) is 10.2 Å². The average Bonchev–Trinajstić information content (AvgIpc) is 4.28. The number of fused-ring (bicyclic) bond motifs is 2. The van der Waals surface area contributed by atoms with E-state index < -0.39 is 5.82 Å². The molecule has 21 heteroatoms. The Morgan fingerprint density at radius 2 is 0.961 bits per heavy atom. The van der Waals surface area contributed by atoms with Gasteiger partial charge in [-0.3, -0.25) is 9.80 Å². The molecule has 77 heavy (non-hydrogen) atoms. The molecule has 6 aromatic heterocycles. The normalized spacial score (nSPS) is 21.1. The van der Waals surface area contributed by atoms with Gasteiger partial charge in [0.2, 0.25) is 0 Å². The van der Waals surface area contributed by atoms with Crippen LogP contribution in [0, 0.1) is 18.6 Å². The molecule has 0 spiro atoms. The molecule has 406 valence electrons. The first-order chi connectivity index (χ1) is 37.5. The molecule has 0 amide bonds. The fourth-order valence-corrected chi connectivity index (χ4v) is 11.8. The van der Waals surface area contributed by atoms with Crippen LogP contribution in [0.2, 0.25) is 0 Å². The minimum Gasteiger partial charge on any atom is -0.465 e. The zero-order valence-electron chi connectivity index (χ0n) is 44.2. The van der Waals surface area contributed by atoms with Crippen molar-refractivity contribution in [2.75, 3.05) is 88.6 Å². The number of piperazine rings is 2. The lowest BCUT2D eigenvalue weighted by molar-refractivity contribution is 0.0815. The summed E-state index contributed by atoms with van der Waals surface area (Å²) in [6.45, 7) is 11.5. The van der Waals surface area contributed by atoms with E-state index in [1.165, 1.54) is 24.8 Å². The number of hydrogen-bond donors (Lipinski definition) is 5. The molecular formula is C56H70F2N16O3. The average molecular weight is 1050 g/mol. The summed E-state index contributed by atoms with van der Waals surface area (Å²) in [7, 11) is 4.38. The second-order valence-electron chi connectivity index (χ2n) is 21.2. The Morgan fingerprint density at radius 1 is 0.545 bits per heavy atom. The Labute approximate surface area is 446 Å². The smallest absolute Gasteiger partial charge is 0.164 e. The highest BCUT2D eigenvalue weighted by Crippen LogP contribution is 2.40. The first-order valence-electron chi connectivity index (χ1n) is 27.1. The van der Waals surface area contributed by atoms with E-state index in [2.05, 4.69) is 64.3 Å². The summed E-state index contributed by atoms with van der Waals surface area (Å²) in [4.78, 5) is 27.6. The molecule has 0 bridgehead atoms. The van der Waals surface area contributed by atoms with Crippen molar-refractivity contribution in [1.29, 1.82) is 0 Å². The molecule has 0 radical (unpaired) electrons. The number of halogens is 2. The van der Waals surface area contributed by atoms with Crippen molar-refractivity contribution in [3.8, 4) is 22.5 Å². The van der Waals surface area contributed by atoms with Gasteiger partial charge in [-0.1, -0.05) is 12.1 Å². The summed E-state index contributed by atoms with van der Waals surface area (Å²) in [5.74, 6) is 2.59. The van der Waals surface area contributed by atoms with E-state index in [1.807, 2.05) is 40.6 Å². The molecule has 4 fully saturated rings. The van der Waals surface area contributed by atoms with Crippen molar-refractivity contribution in [3.05, 3.63) is 108 Å². The fourth-order valence-electron chi connectivity index (χ4n) is 11.8. The topological polar surface area (TPSA) is 223 Å². The van der Waals surface area contributed by atoms with Crippen LogP contribution in [0.4, 0.5) is 31.8 Å². The lowest BCUT2D eigenvalue weighted by atomic mass is 9.90. The first kappa shape index (κ1) is 52.0. The quantitative estimate of drug-likeness (QED) is 0.0736. The van der Waals surface area contributed by atoms with E-state index in [1.54, 1.807) is 24.3 Å². The van der Waals surface area contributed by atoms with Gasteiger partial charge in [0.05, 0.1) is 47.3 Å². The highest BCUT2D eigenvalue weighted by Gasteiger charge is 2.33. The predicted octanol–water partition coefficient (Wildman–Crippen LogP) is 8.10. The number of nitrogens with two attached hydrogens (primary N) is 2. The standard InChI is InChI=1S/C28H35FN8O2.C28H35FN8O/c1-35-10-12-36(13-11-35)19-3-5-20(6-4-19)37-28-25(27(30)32-17-33-28)26(34-37)18-2-9-24(23(29)14-18)31-15-21-7-8-22(16-38)39-21;1-18-3-9-22(38-18)16-31-24-10-4-19(15-23(24)29)26-25-27(30)32-17-33-28(25)37(34-26)21-7-5-20(6-8-21)36-13-11-35(2)12-14-36/h2,7-9,14,17,19-20,31,38H,3-6,10-13,15-16H2,1H3,(H2,30,32,33);3-4,9-10,15,17,20-21,31H,5-8,11-14,16H2,1-2H3,(H2,30,32,33). The fraction of sp³-hybridized carbons (Fsp3) is 0.464. The van der Waals surface area contributed by atoms with Crippen molar-refractivity contribution in [2.45, 2.75) is 102 Å². The van der Waals surface area contributed by atoms with Crippen LogP contribution in [0.15, 0.2) is 82.2 Å². The third-order valence-electron chi connectivity index (χ3n) is 16.2. The molecule has 2 aliphatic heterocycles. The number of anilines is 4. The third-order valence-corrected chi connectivity index (χ3v) is 16.2. The van der Waals surface area contributed by atoms with Gasteiger partial charge in [-0.05, 0) is 121 Å². The van der Waals surface area contributed by atoms with Gasteiger partial charge >= 0.3 is 0 Å².